The number of hydrogen-bond acceptors (Lipinski definition) is 6. The lowest BCUT2D eigenvalue weighted by molar-refractivity contribution is -0.157. The number of carbonyl (C=O) groups is 2. The van der Waals surface area contributed by atoms with Crippen LogP contribution < -0.4 is 10.6 Å². The minimum absolute atomic E-state index is 0.0292. The molecule has 0 unspecified atom stereocenters. The number of pyridine rings is 1. The third-order valence-corrected chi connectivity index (χ3v) is 4.78. The summed E-state index contributed by atoms with van der Waals surface area (Å²) in [4.78, 5) is 28.5. The minimum Gasteiger partial charge on any atom is -0.480 e. The number of carboxylic acid groups (broad SMARTS) is 1. The summed E-state index contributed by atoms with van der Waals surface area (Å²) in [5.41, 5.74) is -0.285. The number of aliphatic carboxylic acids is 1. The molecule has 2 aromatic rings. The highest BCUT2D eigenvalue weighted by Gasteiger charge is 2.38. The molecule has 29 heavy (non-hydrogen) atoms. The van der Waals surface area contributed by atoms with Gasteiger partial charge in [-0.1, -0.05) is 26.0 Å². The monoisotopic (exact) mass is 403 g/mol. The largest absolute Gasteiger partial charge is 0.480 e. The van der Waals surface area contributed by atoms with E-state index in [1.165, 1.54) is 0 Å². The molecule has 0 radical (unpaired) electrons. The topological polar surface area (TPSA) is 126 Å². The van der Waals surface area contributed by atoms with E-state index in [-0.39, 0.29) is 12.5 Å². The molecule has 0 aliphatic rings. The van der Waals surface area contributed by atoms with E-state index in [2.05, 4.69) is 4.98 Å². The fourth-order valence-electron chi connectivity index (χ4n) is 3.00. The summed E-state index contributed by atoms with van der Waals surface area (Å²) in [5.74, 6) is 4.14. The van der Waals surface area contributed by atoms with Gasteiger partial charge in [-0.05, 0) is 43.7 Å². The Morgan fingerprint density at radius 2 is 1.86 bits per heavy atom. The number of carboxylic acids is 1. The van der Waals surface area contributed by atoms with Crippen molar-refractivity contribution in [3.63, 3.8) is 0 Å². The second-order valence-electron chi connectivity index (χ2n) is 8.22. The number of hydrazine groups is 1. The lowest BCUT2D eigenvalue weighted by Gasteiger charge is -2.33. The summed E-state index contributed by atoms with van der Waals surface area (Å²) >= 11 is 0. The van der Waals surface area contributed by atoms with Gasteiger partial charge in [-0.3, -0.25) is 9.80 Å². The highest BCUT2D eigenvalue weighted by atomic mass is 16.5. The lowest BCUT2D eigenvalue weighted by Crippen LogP contribution is -2.57. The van der Waals surface area contributed by atoms with Crippen LogP contribution in [0.5, 0.6) is 5.88 Å². The van der Waals surface area contributed by atoms with Crippen LogP contribution in [0.15, 0.2) is 30.5 Å². The summed E-state index contributed by atoms with van der Waals surface area (Å²) in [6, 6.07) is 6.16. The summed E-state index contributed by atoms with van der Waals surface area (Å²) in [5, 5.41) is 21.6. The fourth-order valence-corrected chi connectivity index (χ4v) is 3.00. The number of aliphatic hydroxyl groups is 1. The number of aliphatic hydroxyl groups excluding tert-OH is 1. The average molecular weight is 403 g/mol. The molecular formula is C21H29N3O5. The van der Waals surface area contributed by atoms with Crippen molar-refractivity contribution in [1.82, 2.24) is 9.99 Å². The Morgan fingerprint density at radius 1 is 1.21 bits per heavy atom. The number of fused-ring (bicyclic) bond motifs is 1. The molecule has 2 rings (SSSR count). The van der Waals surface area contributed by atoms with Crippen LogP contribution in [0, 0.1) is 11.3 Å². The van der Waals surface area contributed by atoms with Gasteiger partial charge in [-0.15, -0.1) is 0 Å². The molecule has 0 fully saturated rings. The van der Waals surface area contributed by atoms with E-state index in [0.717, 1.165) is 21.3 Å². The Balaban J connectivity index is 2.16. The third kappa shape index (κ3) is 5.21. The quantitative estimate of drug-likeness (QED) is 0.351. The zero-order valence-corrected chi connectivity index (χ0v) is 17.4. The number of hydrogen-bond donors (Lipinski definition) is 3. The fraction of sp³-hybridized carbons (Fsp3) is 0.476. The predicted molar refractivity (Wildman–Crippen MR) is 109 cm³/mol. The number of carbonyl (C=O) groups excluding carboxylic acids is 1. The second kappa shape index (κ2) is 8.75. The van der Waals surface area contributed by atoms with Crippen LogP contribution in [-0.4, -0.2) is 44.7 Å². The number of ether oxygens (including phenoxy) is 1. The van der Waals surface area contributed by atoms with Gasteiger partial charge in [0.2, 0.25) is 11.8 Å². The van der Waals surface area contributed by atoms with Crippen molar-refractivity contribution in [3.8, 4) is 5.88 Å². The summed E-state index contributed by atoms with van der Waals surface area (Å²) < 4.78 is 5.73. The Hall–Kier alpha value is -2.71. The molecule has 4 N–H and O–H groups in total. The van der Waals surface area contributed by atoms with Crippen molar-refractivity contribution < 1.29 is 24.5 Å². The number of amides is 1. The highest BCUT2D eigenvalue weighted by molar-refractivity contribution is 5.87. The van der Waals surface area contributed by atoms with E-state index in [4.69, 9.17) is 10.6 Å². The molecule has 0 aliphatic heterocycles. The molecule has 0 bridgehead atoms. The first kappa shape index (κ1) is 22.6. The molecule has 1 amide bonds. The molecule has 0 saturated carbocycles. The maximum absolute atomic E-state index is 12.8. The van der Waals surface area contributed by atoms with Gasteiger partial charge >= 0.3 is 5.97 Å². The number of benzene rings is 1. The van der Waals surface area contributed by atoms with Crippen LogP contribution in [0.2, 0.25) is 0 Å². The van der Waals surface area contributed by atoms with E-state index >= 15 is 0 Å². The van der Waals surface area contributed by atoms with E-state index in [1.54, 1.807) is 46.9 Å². The summed E-state index contributed by atoms with van der Waals surface area (Å²) in [6.45, 7) is 8.32. The summed E-state index contributed by atoms with van der Waals surface area (Å²) in [7, 11) is 0. The normalized spacial score (nSPS) is 13.9. The van der Waals surface area contributed by atoms with Gasteiger partial charge in [0.05, 0.1) is 11.5 Å². The maximum Gasteiger partial charge on any atom is 0.328 e. The number of nitrogens with two attached hydrogens (primary N) is 1. The minimum atomic E-state index is -1.15. The van der Waals surface area contributed by atoms with Gasteiger partial charge in [-0.2, -0.15) is 0 Å². The SMILES string of the molecule is CC(C)[C@@H](C(=O)O)N(N)C(=O)C(C)(C)COc1cc2cc([C@@H](C)O)ccc2cn1. The smallest absolute Gasteiger partial charge is 0.328 e. The first-order valence-electron chi connectivity index (χ1n) is 9.46. The molecular weight excluding hydrogens is 374 g/mol. The van der Waals surface area contributed by atoms with Crippen LogP contribution >= 0.6 is 0 Å². The van der Waals surface area contributed by atoms with Crippen LogP contribution in [0.25, 0.3) is 10.8 Å². The van der Waals surface area contributed by atoms with Crippen LogP contribution in [-0.2, 0) is 9.59 Å². The third-order valence-electron chi connectivity index (χ3n) is 4.78. The van der Waals surface area contributed by atoms with Gasteiger partial charge in [-0.25, -0.2) is 15.6 Å². The molecule has 1 aromatic heterocycles. The van der Waals surface area contributed by atoms with Gasteiger partial charge < -0.3 is 14.9 Å². The molecule has 0 aliphatic carbocycles. The molecule has 1 aromatic carbocycles. The van der Waals surface area contributed by atoms with Crippen molar-refractivity contribution in [2.24, 2.45) is 17.2 Å². The van der Waals surface area contributed by atoms with Crippen molar-refractivity contribution in [3.05, 3.63) is 36.0 Å². The Kier molecular flexibility index (Phi) is 6.81. The zero-order chi connectivity index (χ0) is 21.9. The van der Waals surface area contributed by atoms with E-state index in [0.29, 0.717) is 5.88 Å². The predicted octanol–water partition coefficient (Wildman–Crippen LogP) is 2.50. The van der Waals surface area contributed by atoms with Crippen LogP contribution in [0.1, 0.15) is 46.3 Å². The van der Waals surface area contributed by atoms with Gasteiger partial charge in [0.15, 0.2) is 0 Å². The standard InChI is InChI=1S/C21H29N3O5/c1-12(2)18(19(26)27)24(22)20(28)21(4,5)11-29-17-9-16-8-14(13(3)25)6-7-15(16)10-23-17/h6-10,12-13,18,25H,11,22H2,1-5H3,(H,26,27)/t13-,18+/m1/s1. The Morgan fingerprint density at radius 3 is 2.41 bits per heavy atom. The zero-order valence-electron chi connectivity index (χ0n) is 17.4. The van der Waals surface area contributed by atoms with Crippen LogP contribution in [0.4, 0.5) is 0 Å². The number of aromatic nitrogens is 1. The van der Waals surface area contributed by atoms with Crippen molar-refractivity contribution >= 4 is 22.6 Å². The molecule has 8 heteroatoms. The van der Waals surface area contributed by atoms with Gasteiger partial charge in [0.1, 0.15) is 12.6 Å². The second-order valence-corrected chi connectivity index (χ2v) is 8.22. The average Bonchev–Trinajstić information content (AvgIpc) is 2.64. The molecule has 1 heterocycles. The lowest BCUT2D eigenvalue weighted by atomic mass is 9.91. The van der Waals surface area contributed by atoms with Gasteiger partial charge in [0, 0.05) is 17.6 Å². The van der Waals surface area contributed by atoms with Crippen molar-refractivity contribution in [2.45, 2.75) is 46.8 Å². The first-order valence-corrected chi connectivity index (χ1v) is 9.46. The molecule has 0 saturated heterocycles. The van der Waals surface area contributed by atoms with E-state index < -0.39 is 29.4 Å². The number of nitrogens with zero attached hydrogens (tertiary/aromatic N) is 2. The molecule has 8 nitrogen and oxygen atoms in total. The highest BCUT2D eigenvalue weighted by Crippen LogP contribution is 2.25. The number of rotatable bonds is 8. The maximum atomic E-state index is 12.8. The Labute approximate surface area is 170 Å². The van der Waals surface area contributed by atoms with Crippen molar-refractivity contribution in [1.29, 1.82) is 0 Å². The van der Waals surface area contributed by atoms with Crippen molar-refractivity contribution in [2.75, 3.05) is 6.61 Å². The molecule has 2 atom stereocenters. The Bertz CT molecular complexity index is 895. The first-order chi connectivity index (χ1) is 13.4. The van der Waals surface area contributed by atoms with E-state index in [1.807, 2.05) is 18.2 Å². The molecule has 0 spiro atoms. The van der Waals surface area contributed by atoms with E-state index in [9.17, 15) is 19.8 Å². The summed E-state index contributed by atoms with van der Waals surface area (Å²) in [6.07, 6.45) is 1.06. The molecule has 158 valence electrons. The van der Waals surface area contributed by atoms with Gasteiger partial charge in [0.25, 0.3) is 0 Å². The van der Waals surface area contributed by atoms with Crippen LogP contribution in [0.3, 0.4) is 0 Å².